The van der Waals surface area contributed by atoms with Gasteiger partial charge in [-0.3, -0.25) is 14.6 Å². The summed E-state index contributed by atoms with van der Waals surface area (Å²) >= 11 is 0. The highest BCUT2D eigenvalue weighted by atomic mass is 16.2. The van der Waals surface area contributed by atoms with E-state index in [2.05, 4.69) is 15.6 Å². The summed E-state index contributed by atoms with van der Waals surface area (Å²) in [5, 5.41) is 5.67. The van der Waals surface area contributed by atoms with E-state index in [1.165, 1.54) is 12.4 Å². The zero-order valence-electron chi connectivity index (χ0n) is 13.6. The third kappa shape index (κ3) is 4.16. The Balaban J connectivity index is 2.18. The molecule has 0 fully saturated rings. The molecule has 2 amide bonds. The van der Waals surface area contributed by atoms with Crippen LogP contribution in [0.5, 0.6) is 0 Å². The van der Waals surface area contributed by atoms with E-state index >= 15 is 0 Å². The lowest BCUT2D eigenvalue weighted by molar-refractivity contribution is 0.0953. The van der Waals surface area contributed by atoms with Gasteiger partial charge in [-0.15, -0.1) is 0 Å². The molecule has 0 unspecified atom stereocenters. The molecule has 1 aromatic carbocycles. The van der Waals surface area contributed by atoms with Crippen LogP contribution in [0.1, 0.15) is 45.2 Å². The first-order valence-corrected chi connectivity index (χ1v) is 7.63. The number of rotatable bonds is 5. The minimum atomic E-state index is -0.278. The van der Waals surface area contributed by atoms with E-state index in [0.29, 0.717) is 17.7 Å². The van der Waals surface area contributed by atoms with Crippen LogP contribution >= 0.6 is 0 Å². The van der Waals surface area contributed by atoms with Crippen LogP contribution in [0.25, 0.3) is 0 Å². The van der Waals surface area contributed by atoms with Crippen LogP contribution in [0.15, 0.2) is 36.7 Å². The average Bonchev–Trinajstić information content (AvgIpc) is 2.56. The lowest BCUT2D eigenvalue weighted by atomic mass is 10.1. The van der Waals surface area contributed by atoms with Crippen LogP contribution in [-0.2, 0) is 0 Å². The predicted molar refractivity (Wildman–Crippen MR) is 90.7 cm³/mol. The number of pyridine rings is 1. The van der Waals surface area contributed by atoms with Crippen molar-refractivity contribution in [2.75, 3.05) is 11.9 Å². The summed E-state index contributed by atoms with van der Waals surface area (Å²) in [6, 6.07) is 7.38. The maximum atomic E-state index is 12.4. The Hall–Kier alpha value is -2.69. The molecule has 2 N–H and O–H groups in total. The Morgan fingerprint density at radius 3 is 2.26 bits per heavy atom. The third-order valence-corrected chi connectivity index (χ3v) is 3.52. The van der Waals surface area contributed by atoms with Crippen molar-refractivity contribution >= 4 is 17.5 Å². The topological polar surface area (TPSA) is 71.1 Å². The quantitative estimate of drug-likeness (QED) is 0.891. The molecule has 1 heterocycles. The van der Waals surface area contributed by atoms with Crippen molar-refractivity contribution in [1.82, 2.24) is 10.3 Å². The normalized spacial score (nSPS) is 10.2. The van der Waals surface area contributed by atoms with Crippen molar-refractivity contribution in [3.05, 3.63) is 58.9 Å². The van der Waals surface area contributed by atoms with Gasteiger partial charge >= 0.3 is 0 Å². The molecule has 0 aliphatic carbocycles. The summed E-state index contributed by atoms with van der Waals surface area (Å²) in [5.41, 5.74) is 3.51. The van der Waals surface area contributed by atoms with Gasteiger partial charge in [0.25, 0.3) is 11.8 Å². The van der Waals surface area contributed by atoms with Crippen LogP contribution in [0.2, 0.25) is 0 Å². The Morgan fingerprint density at radius 2 is 1.65 bits per heavy atom. The molecule has 0 aliphatic heterocycles. The zero-order chi connectivity index (χ0) is 16.8. The lowest BCUT2D eigenvalue weighted by Crippen LogP contribution is -2.24. The van der Waals surface area contributed by atoms with Gasteiger partial charge in [-0.05, 0) is 37.5 Å². The summed E-state index contributed by atoms with van der Waals surface area (Å²) in [6.45, 7) is 6.45. The van der Waals surface area contributed by atoms with Crippen LogP contribution < -0.4 is 10.6 Å². The molecule has 0 spiro atoms. The molecule has 120 valence electrons. The number of nitrogens with zero attached hydrogens (tertiary/aromatic N) is 1. The Bertz CT molecular complexity index is 706. The van der Waals surface area contributed by atoms with Crippen LogP contribution in [0.4, 0.5) is 5.69 Å². The molecule has 1 aromatic heterocycles. The molecular weight excluding hydrogens is 290 g/mol. The summed E-state index contributed by atoms with van der Waals surface area (Å²) in [7, 11) is 0. The second-order valence-corrected chi connectivity index (χ2v) is 5.44. The fourth-order valence-corrected chi connectivity index (χ4v) is 2.23. The SMILES string of the molecule is CCCNC(=O)c1cncc(C(=O)Nc2c(C)cccc2C)c1. The first-order chi connectivity index (χ1) is 11.0. The van der Waals surface area contributed by atoms with Gasteiger partial charge in [-0.2, -0.15) is 0 Å². The molecule has 0 atom stereocenters. The highest BCUT2D eigenvalue weighted by Crippen LogP contribution is 2.20. The molecule has 0 saturated carbocycles. The van der Waals surface area contributed by atoms with E-state index in [9.17, 15) is 9.59 Å². The number of benzene rings is 1. The lowest BCUT2D eigenvalue weighted by Gasteiger charge is -2.11. The maximum Gasteiger partial charge on any atom is 0.257 e. The van der Waals surface area contributed by atoms with Gasteiger partial charge in [-0.25, -0.2) is 0 Å². The third-order valence-electron chi connectivity index (χ3n) is 3.52. The largest absolute Gasteiger partial charge is 0.352 e. The summed E-state index contributed by atoms with van der Waals surface area (Å²) in [6.07, 6.45) is 3.77. The van der Waals surface area contributed by atoms with Crippen LogP contribution in [-0.4, -0.2) is 23.3 Å². The van der Waals surface area contributed by atoms with Crippen molar-refractivity contribution in [2.45, 2.75) is 27.2 Å². The number of aryl methyl sites for hydroxylation is 2. The molecule has 0 radical (unpaired) electrons. The maximum absolute atomic E-state index is 12.4. The molecule has 0 saturated heterocycles. The fraction of sp³-hybridized carbons (Fsp3) is 0.278. The second-order valence-electron chi connectivity index (χ2n) is 5.44. The highest BCUT2D eigenvalue weighted by Gasteiger charge is 2.13. The van der Waals surface area contributed by atoms with Crippen molar-refractivity contribution in [2.24, 2.45) is 0 Å². The molecule has 2 aromatic rings. The van der Waals surface area contributed by atoms with Crippen molar-refractivity contribution in [1.29, 1.82) is 0 Å². The number of carbonyl (C=O) groups is 2. The summed E-state index contributed by atoms with van der Waals surface area (Å²) in [4.78, 5) is 28.4. The van der Waals surface area contributed by atoms with Gasteiger partial charge in [0.05, 0.1) is 11.1 Å². The molecule has 2 rings (SSSR count). The van der Waals surface area contributed by atoms with E-state index in [0.717, 1.165) is 23.2 Å². The fourth-order valence-electron chi connectivity index (χ4n) is 2.23. The predicted octanol–water partition coefficient (Wildman–Crippen LogP) is 3.09. The second kappa shape index (κ2) is 7.54. The zero-order valence-corrected chi connectivity index (χ0v) is 13.6. The standard InChI is InChI=1S/C18H21N3O2/c1-4-8-20-17(22)14-9-15(11-19-10-14)18(23)21-16-12(2)6-5-7-13(16)3/h5-7,9-11H,4,8H2,1-3H3,(H,20,22)(H,21,23). The number of anilines is 1. The van der Waals surface area contributed by atoms with Crippen LogP contribution in [0, 0.1) is 13.8 Å². The first-order valence-electron chi connectivity index (χ1n) is 7.63. The number of carbonyl (C=O) groups excluding carboxylic acids is 2. The monoisotopic (exact) mass is 311 g/mol. The number of para-hydroxylation sites is 1. The van der Waals surface area contributed by atoms with Gasteiger partial charge in [0, 0.05) is 24.6 Å². The highest BCUT2D eigenvalue weighted by molar-refractivity contribution is 6.06. The van der Waals surface area contributed by atoms with Gasteiger partial charge in [0.1, 0.15) is 0 Å². The molecule has 23 heavy (non-hydrogen) atoms. The molecule has 0 aliphatic rings. The van der Waals surface area contributed by atoms with Gasteiger partial charge in [0.15, 0.2) is 0 Å². The summed E-state index contributed by atoms with van der Waals surface area (Å²) in [5.74, 6) is -0.499. The van der Waals surface area contributed by atoms with E-state index in [1.807, 2.05) is 39.0 Å². The molecular formula is C18H21N3O2. The Kier molecular flexibility index (Phi) is 5.46. The Morgan fingerprint density at radius 1 is 1.04 bits per heavy atom. The number of aromatic nitrogens is 1. The Labute approximate surface area is 136 Å². The van der Waals surface area contributed by atoms with Crippen molar-refractivity contribution in [3.8, 4) is 0 Å². The van der Waals surface area contributed by atoms with E-state index in [1.54, 1.807) is 6.07 Å². The van der Waals surface area contributed by atoms with Gasteiger partial charge < -0.3 is 10.6 Å². The van der Waals surface area contributed by atoms with E-state index in [-0.39, 0.29) is 11.8 Å². The van der Waals surface area contributed by atoms with Crippen molar-refractivity contribution < 1.29 is 9.59 Å². The molecule has 0 bridgehead atoms. The van der Waals surface area contributed by atoms with E-state index in [4.69, 9.17) is 0 Å². The number of hydrogen-bond acceptors (Lipinski definition) is 3. The van der Waals surface area contributed by atoms with Crippen LogP contribution in [0.3, 0.4) is 0 Å². The first kappa shape index (κ1) is 16.7. The van der Waals surface area contributed by atoms with Gasteiger partial charge in [-0.1, -0.05) is 25.1 Å². The molecule has 5 nitrogen and oxygen atoms in total. The number of amides is 2. The smallest absolute Gasteiger partial charge is 0.257 e. The average molecular weight is 311 g/mol. The number of nitrogens with one attached hydrogen (secondary N) is 2. The molecule has 5 heteroatoms. The van der Waals surface area contributed by atoms with E-state index < -0.39 is 0 Å². The van der Waals surface area contributed by atoms with Gasteiger partial charge in [0.2, 0.25) is 0 Å². The summed E-state index contributed by atoms with van der Waals surface area (Å²) < 4.78 is 0. The van der Waals surface area contributed by atoms with Crippen molar-refractivity contribution in [3.63, 3.8) is 0 Å². The number of hydrogen-bond donors (Lipinski definition) is 2. The minimum absolute atomic E-state index is 0.221. The minimum Gasteiger partial charge on any atom is -0.352 e.